The molecule has 3 rings (SSSR count). The molecule has 5 heteroatoms. The number of halogens is 1. The molecule has 1 aromatic rings. The number of carboxylic acid groups (broad SMARTS) is 1. The predicted molar refractivity (Wildman–Crippen MR) is 69.1 cm³/mol. The number of hydrogen-bond acceptors (Lipinski definition) is 3. The second-order valence-electron chi connectivity index (χ2n) is 5.26. The Hall–Kier alpha value is -0.810. The van der Waals surface area contributed by atoms with Crippen LogP contribution in [0.25, 0.3) is 0 Å². The van der Waals surface area contributed by atoms with Gasteiger partial charge in [-0.2, -0.15) is 0 Å². The number of furan rings is 1. The smallest absolute Gasteiger partial charge is 0.321 e. The van der Waals surface area contributed by atoms with E-state index in [9.17, 15) is 9.90 Å². The summed E-state index contributed by atoms with van der Waals surface area (Å²) in [5, 5.41) is 9.44. The highest BCUT2D eigenvalue weighted by Gasteiger charge is 2.47. The predicted octanol–water partition coefficient (Wildman–Crippen LogP) is 2.73. The van der Waals surface area contributed by atoms with Crippen LogP contribution in [0, 0.1) is 11.8 Å². The molecule has 1 N–H and O–H groups in total. The van der Waals surface area contributed by atoms with Crippen molar-refractivity contribution in [3.8, 4) is 0 Å². The maximum atomic E-state index is 11.5. The van der Waals surface area contributed by atoms with Crippen molar-refractivity contribution in [1.82, 2.24) is 4.90 Å². The Labute approximate surface area is 114 Å². The van der Waals surface area contributed by atoms with Gasteiger partial charge in [0.2, 0.25) is 0 Å². The van der Waals surface area contributed by atoms with Crippen LogP contribution < -0.4 is 0 Å². The minimum atomic E-state index is -0.688. The van der Waals surface area contributed by atoms with Gasteiger partial charge in [0.15, 0.2) is 0 Å². The van der Waals surface area contributed by atoms with Gasteiger partial charge in [0, 0.05) is 6.54 Å². The second-order valence-corrected chi connectivity index (χ2v) is 6.11. The van der Waals surface area contributed by atoms with Crippen LogP contribution in [-0.2, 0) is 11.3 Å². The first-order valence-electron chi connectivity index (χ1n) is 6.35. The van der Waals surface area contributed by atoms with Gasteiger partial charge in [0.1, 0.15) is 11.8 Å². The first-order chi connectivity index (χ1) is 8.66. The standard InChI is InChI=1S/C13H16BrNO3/c14-10-4-5-18-11(10)7-15-6-8-2-1-3-9(8)12(15)13(16)17/h4-5,8-9,12H,1-3,6-7H2,(H,16,17). The summed E-state index contributed by atoms with van der Waals surface area (Å²) in [5.41, 5.74) is 0. The van der Waals surface area contributed by atoms with E-state index >= 15 is 0 Å². The SMILES string of the molecule is O=C(O)C1C2CCCC2CN1Cc1occc1Br. The molecule has 0 radical (unpaired) electrons. The Morgan fingerprint density at radius 1 is 1.56 bits per heavy atom. The molecule has 1 aliphatic heterocycles. The third kappa shape index (κ3) is 1.99. The van der Waals surface area contributed by atoms with Gasteiger partial charge in [-0.25, -0.2) is 0 Å². The number of likely N-dealkylation sites (tertiary alicyclic amines) is 1. The monoisotopic (exact) mass is 313 g/mol. The van der Waals surface area contributed by atoms with Gasteiger partial charge < -0.3 is 9.52 Å². The third-order valence-corrected chi connectivity index (χ3v) is 4.98. The summed E-state index contributed by atoms with van der Waals surface area (Å²) in [7, 11) is 0. The van der Waals surface area contributed by atoms with Crippen molar-refractivity contribution in [2.45, 2.75) is 31.8 Å². The van der Waals surface area contributed by atoms with E-state index in [1.54, 1.807) is 6.26 Å². The molecule has 1 saturated carbocycles. The van der Waals surface area contributed by atoms with Gasteiger partial charge in [-0.15, -0.1) is 0 Å². The maximum Gasteiger partial charge on any atom is 0.321 e. The number of fused-ring (bicyclic) bond motifs is 1. The zero-order valence-electron chi connectivity index (χ0n) is 10.0. The molecule has 2 fully saturated rings. The Balaban J connectivity index is 1.79. The van der Waals surface area contributed by atoms with E-state index in [1.807, 2.05) is 6.07 Å². The zero-order valence-corrected chi connectivity index (χ0v) is 11.6. The van der Waals surface area contributed by atoms with Crippen LogP contribution in [0.4, 0.5) is 0 Å². The molecule has 0 bridgehead atoms. The van der Waals surface area contributed by atoms with Crippen LogP contribution >= 0.6 is 15.9 Å². The van der Waals surface area contributed by atoms with Gasteiger partial charge in [0.25, 0.3) is 0 Å². The summed E-state index contributed by atoms with van der Waals surface area (Å²) in [5.74, 6) is 1.02. The summed E-state index contributed by atoms with van der Waals surface area (Å²) in [6.45, 7) is 1.46. The molecule has 1 aliphatic carbocycles. The molecule has 3 atom stereocenters. The van der Waals surface area contributed by atoms with Crippen molar-refractivity contribution in [2.24, 2.45) is 11.8 Å². The van der Waals surface area contributed by atoms with Crippen molar-refractivity contribution in [1.29, 1.82) is 0 Å². The number of nitrogens with zero attached hydrogens (tertiary/aromatic N) is 1. The minimum absolute atomic E-state index is 0.330. The summed E-state index contributed by atoms with van der Waals surface area (Å²) in [4.78, 5) is 13.5. The van der Waals surface area contributed by atoms with E-state index in [0.29, 0.717) is 18.4 Å². The molecular weight excluding hydrogens is 298 g/mol. The van der Waals surface area contributed by atoms with Crippen molar-refractivity contribution >= 4 is 21.9 Å². The molecule has 0 amide bonds. The lowest BCUT2D eigenvalue weighted by molar-refractivity contribution is -0.143. The van der Waals surface area contributed by atoms with Gasteiger partial charge in [-0.3, -0.25) is 9.69 Å². The molecule has 1 aromatic heterocycles. The summed E-state index contributed by atoms with van der Waals surface area (Å²) in [6, 6.07) is 1.51. The molecule has 2 heterocycles. The van der Waals surface area contributed by atoms with E-state index in [0.717, 1.165) is 23.2 Å². The highest BCUT2D eigenvalue weighted by Crippen LogP contribution is 2.43. The quantitative estimate of drug-likeness (QED) is 0.932. The Morgan fingerprint density at radius 3 is 3.06 bits per heavy atom. The largest absolute Gasteiger partial charge is 0.480 e. The van der Waals surface area contributed by atoms with E-state index in [2.05, 4.69) is 20.8 Å². The third-order valence-electron chi connectivity index (χ3n) is 4.28. The van der Waals surface area contributed by atoms with Gasteiger partial charge in [0.05, 0.1) is 17.3 Å². The van der Waals surface area contributed by atoms with Gasteiger partial charge in [-0.1, -0.05) is 6.42 Å². The molecule has 2 aliphatic rings. The van der Waals surface area contributed by atoms with Crippen molar-refractivity contribution in [3.63, 3.8) is 0 Å². The maximum absolute atomic E-state index is 11.5. The van der Waals surface area contributed by atoms with E-state index in [4.69, 9.17) is 4.42 Å². The zero-order chi connectivity index (χ0) is 12.7. The number of carbonyl (C=O) groups is 1. The van der Waals surface area contributed by atoms with E-state index < -0.39 is 5.97 Å². The fraction of sp³-hybridized carbons (Fsp3) is 0.615. The highest BCUT2D eigenvalue weighted by molar-refractivity contribution is 9.10. The Morgan fingerprint density at radius 2 is 2.39 bits per heavy atom. The number of hydrogen-bond donors (Lipinski definition) is 1. The normalized spacial score (nSPS) is 31.7. The van der Waals surface area contributed by atoms with Crippen LogP contribution in [-0.4, -0.2) is 28.6 Å². The molecule has 4 nitrogen and oxygen atoms in total. The summed E-state index contributed by atoms with van der Waals surface area (Å²) in [6.07, 6.45) is 5.03. The summed E-state index contributed by atoms with van der Waals surface area (Å²) < 4.78 is 6.32. The number of carboxylic acids is 1. The van der Waals surface area contributed by atoms with Gasteiger partial charge in [-0.05, 0) is 46.7 Å². The average Bonchev–Trinajstić information content (AvgIpc) is 2.95. The first-order valence-corrected chi connectivity index (χ1v) is 7.15. The van der Waals surface area contributed by atoms with E-state index in [1.165, 1.54) is 12.8 Å². The van der Waals surface area contributed by atoms with Crippen LogP contribution in [0.5, 0.6) is 0 Å². The molecule has 3 unspecified atom stereocenters. The lowest BCUT2D eigenvalue weighted by Gasteiger charge is -2.23. The Bertz CT molecular complexity index is 459. The molecule has 0 spiro atoms. The van der Waals surface area contributed by atoms with Crippen LogP contribution in [0.15, 0.2) is 21.2 Å². The molecule has 18 heavy (non-hydrogen) atoms. The fourth-order valence-corrected chi connectivity index (χ4v) is 3.84. The van der Waals surface area contributed by atoms with Crippen molar-refractivity contribution in [2.75, 3.05) is 6.54 Å². The lowest BCUT2D eigenvalue weighted by Crippen LogP contribution is -2.39. The van der Waals surface area contributed by atoms with Crippen LogP contribution in [0.1, 0.15) is 25.0 Å². The lowest BCUT2D eigenvalue weighted by atomic mass is 9.94. The first kappa shape index (κ1) is 12.2. The van der Waals surface area contributed by atoms with Gasteiger partial charge >= 0.3 is 5.97 Å². The topological polar surface area (TPSA) is 53.7 Å². The van der Waals surface area contributed by atoms with Crippen LogP contribution in [0.2, 0.25) is 0 Å². The highest BCUT2D eigenvalue weighted by atomic mass is 79.9. The van der Waals surface area contributed by atoms with Crippen LogP contribution in [0.3, 0.4) is 0 Å². The fourth-order valence-electron chi connectivity index (χ4n) is 3.52. The minimum Gasteiger partial charge on any atom is -0.480 e. The number of aliphatic carboxylic acids is 1. The molecular formula is C13H16BrNO3. The van der Waals surface area contributed by atoms with Crippen molar-refractivity contribution in [3.05, 3.63) is 22.6 Å². The van der Waals surface area contributed by atoms with Crippen molar-refractivity contribution < 1.29 is 14.3 Å². The molecule has 0 aromatic carbocycles. The molecule has 98 valence electrons. The Kier molecular flexibility index (Phi) is 3.20. The average molecular weight is 314 g/mol. The van der Waals surface area contributed by atoms with E-state index in [-0.39, 0.29) is 6.04 Å². The number of rotatable bonds is 3. The molecule has 1 saturated heterocycles. The second kappa shape index (κ2) is 4.70. The summed E-state index contributed by atoms with van der Waals surface area (Å²) >= 11 is 3.42.